The highest BCUT2D eigenvalue weighted by atomic mass is 16.5. The fourth-order valence-electron chi connectivity index (χ4n) is 1.81. The third-order valence-electron chi connectivity index (χ3n) is 3.03. The van der Waals surface area contributed by atoms with Crippen molar-refractivity contribution in [3.8, 4) is 11.5 Å². The number of nitrogens with one attached hydrogen (secondary N) is 2. The van der Waals surface area contributed by atoms with Crippen LogP contribution in [-0.2, 0) is 0 Å². The van der Waals surface area contributed by atoms with E-state index in [-0.39, 0.29) is 5.91 Å². The monoisotopic (exact) mass is 328 g/mol. The maximum absolute atomic E-state index is 12.0. The highest BCUT2D eigenvalue weighted by molar-refractivity contribution is 5.93. The van der Waals surface area contributed by atoms with Gasteiger partial charge < -0.3 is 20.1 Å². The van der Waals surface area contributed by atoms with E-state index in [9.17, 15) is 4.79 Å². The lowest BCUT2D eigenvalue weighted by molar-refractivity contribution is 0.0946. The van der Waals surface area contributed by atoms with Gasteiger partial charge in [-0.2, -0.15) is 0 Å². The molecule has 24 heavy (non-hydrogen) atoms. The molecule has 2 rings (SSSR count). The first-order valence-corrected chi connectivity index (χ1v) is 7.45. The minimum absolute atomic E-state index is 0.247. The van der Waals surface area contributed by atoms with E-state index in [1.54, 1.807) is 13.2 Å². The number of rotatable bonds is 9. The van der Waals surface area contributed by atoms with Gasteiger partial charge in [0.1, 0.15) is 18.1 Å². The van der Waals surface area contributed by atoms with Crippen LogP contribution in [0.4, 0.5) is 5.95 Å². The van der Waals surface area contributed by atoms with Crippen molar-refractivity contribution < 1.29 is 14.3 Å². The lowest BCUT2D eigenvalue weighted by Crippen LogP contribution is -2.28. The second kappa shape index (κ2) is 9.14. The Hall–Kier alpha value is -3.09. The molecule has 0 spiro atoms. The van der Waals surface area contributed by atoms with Crippen molar-refractivity contribution in [1.29, 1.82) is 0 Å². The van der Waals surface area contributed by atoms with Crippen LogP contribution in [0.25, 0.3) is 0 Å². The zero-order valence-electron chi connectivity index (χ0n) is 13.5. The van der Waals surface area contributed by atoms with Gasteiger partial charge in [0.2, 0.25) is 5.95 Å². The number of ether oxygens (including phenoxy) is 2. The van der Waals surface area contributed by atoms with E-state index >= 15 is 0 Å². The predicted octanol–water partition coefficient (Wildman–Crippen LogP) is 1.89. The summed E-state index contributed by atoms with van der Waals surface area (Å²) in [6.45, 7) is 4.89. The Labute approximate surface area is 140 Å². The molecule has 0 aliphatic heterocycles. The average Bonchev–Trinajstić information content (AvgIpc) is 2.64. The molecule has 1 aromatic carbocycles. The summed E-state index contributed by atoms with van der Waals surface area (Å²) < 4.78 is 10.6. The maximum atomic E-state index is 12.0. The molecule has 0 atom stereocenters. The number of hydrogen-bond acceptors (Lipinski definition) is 6. The van der Waals surface area contributed by atoms with E-state index in [1.165, 1.54) is 12.4 Å². The summed E-state index contributed by atoms with van der Waals surface area (Å²) in [6.07, 6.45) is 4.64. The summed E-state index contributed by atoms with van der Waals surface area (Å²) in [5, 5.41) is 5.69. The molecular formula is C17H20N4O3. The Balaban J connectivity index is 1.73. The molecule has 2 aromatic rings. The second-order valence-electron chi connectivity index (χ2n) is 4.74. The van der Waals surface area contributed by atoms with E-state index in [2.05, 4.69) is 27.2 Å². The number of methoxy groups -OCH3 is 1. The normalized spacial score (nSPS) is 9.88. The molecule has 7 nitrogen and oxygen atoms in total. The number of aromatic nitrogens is 2. The van der Waals surface area contributed by atoms with Gasteiger partial charge in [-0.15, -0.1) is 6.58 Å². The number of anilines is 1. The van der Waals surface area contributed by atoms with Crippen LogP contribution in [0.1, 0.15) is 10.4 Å². The van der Waals surface area contributed by atoms with Crippen molar-refractivity contribution in [3.05, 3.63) is 54.9 Å². The van der Waals surface area contributed by atoms with E-state index in [1.807, 2.05) is 24.3 Å². The Bertz CT molecular complexity index is 657. The Morgan fingerprint density at radius 2 is 1.88 bits per heavy atom. The van der Waals surface area contributed by atoms with Crippen LogP contribution in [0.5, 0.6) is 11.5 Å². The summed E-state index contributed by atoms with van der Waals surface area (Å²) >= 11 is 0. The second-order valence-corrected chi connectivity index (χ2v) is 4.74. The molecule has 0 saturated carbocycles. The van der Waals surface area contributed by atoms with Crippen molar-refractivity contribution in [3.63, 3.8) is 0 Å². The van der Waals surface area contributed by atoms with Crippen LogP contribution >= 0.6 is 0 Å². The Kier molecular flexibility index (Phi) is 6.58. The molecule has 2 N–H and O–H groups in total. The molecule has 1 aromatic heterocycles. The first-order valence-electron chi connectivity index (χ1n) is 7.45. The highest BCUT2D eigenvalue weighted by Gasteiger charge is 2.06. The summed E-state index contributed by atoms with van der Waals surface area (Å²) in [5.41, 5.74) is 0.392. The predicted molar refractivity (Wildman–Crippen MR) is 91.5 cm³/mol. The van der Waals surface area contributed by atoms with Gasteiger partial charge in [-0.3, -0.25) is 4.79 Å². The highest BCUT2D eigenvalue weighted by Crippen LogP contribution is 2.16. The molecule has 126 valence electrons. The molecule has 0 unspecified atom stereocenters. The number of nitrogens with zero attached hydrogens (tertiary/aromatic N) is 2. The first-order chi connectivity index (χ1) is 11.7. The molecule has 1 amide bonds. The standard InChI is InChI=1S/C17H20N4O3/c1-3-8-19-17-20-11-13(12-21-17)16(22)18-9-10-24-15-6-4-14(23-2)5-7-15/h3-7,11-12H,1,8-10H2,2H3,(H,18,22)(H,19,20,21). The van der Waals surface area contributed by atoms with E-state index in [4.69, 9.17) is 9.47 Å². The third kappa shape index (κ3) is 5.28. The smallest absolute Gasteiger partial charge is 0.254 e. The molecule has 0 aliphatic rings. The summed E-state index contributed by atoms with van der Waals surface area (Å²) in [6, 6.07) is 7.24. The number of amides is 1. The molecule has 0 bridgehead atoms. The van der Waals surface area contributed by atoms with Crippen molar-refractivity contribution in [1.82, 2.24) is 15.3 Å². The molecule has 0 fully saturated rings. The number of carbonyl (C=O) groups is 1. The largest absolute Gasteiger partial charge is 0.497 e. The fourth-order valence-corrected chi connectivity index (χ4v) is 1.81. The van der Waals surface area contributed by atoms with Crippen molar-refractivity contribution in [2.75, 3.05) is 32.1 Å². The third-order valence-corrected chi connectivity index (χ3v) is 3.03. The summed E-state index contributed by atoms with van der Waals surface area (Å²) in [4.78, 5) is 20.1. The molecule has 0 radical (unpaired) electrons. The zero-order chi connectivity index (χ0) is 17.2. The van der Waals surface area contributed by atoms with Crippen LogP contribution in [0.15, 0.2) is 49.3 Å². The van der Waals surface area contributed by atoms with E-state index < -0.39 is 0 Å². The lowest BCUT2D eigenvalue weighted by atomic mass is 10.3. The Morgan fingerprint density at radius 1 is 1.21 bits per heavy atom. The van der Waals surface area contributed by atoms with Crippen LogP contribution in [0.3, 0.4) is 0 Å². The van der Waals surface area contributed by atoms with Gasteiger partial charge in [0.05, 0.1) is 19.2 Å². The van der Waals surface area contributed by atoms with Crippen molar-refractivity contribution >= 4 is 11.9 Å². The molecule has 0 saturated heterocycles. The van der Waals surface area contributed by atoms with Crippen molar-refractivity contribution in [2.45, 2.75) is 0 Å². The number of hydrogen-bond donors (Lipinski definition) is 2. The molecule has 0 aliphatic carbocycles. The van der Waals surface area contributed by atoms with Crippen LogP contribution in [0.2, 0.25) is 0 Å². The minimum Gasteiger partial charge on any atom is -0.497 e. The summed E-state index contributed by atoms with van der Waals surface area (Å²) in [5.74, 6) is 1.69. The maximum Gasteiger partial charge on any atom is 0.254 e. The van der Waals surface area contributed by atoms with E-state index in [0.717, 1.165) is 5.75 Å². The van der Waals surface area contributed by atoms with Gasteiger partial charge in [-0.05, 0) is 24.3 Å². The quantitative estimate of drug-likeness (QED) is 0.540. The van der Waals surface area contributed by atoms with Gasteiger partial charge in [0, 0.05) is 18.9 Å². The van der Waals surface area contributed by atoms with Crippen LogP contribution < -0.4 is 20.1 Å². The Morgan fingerprint density at radius 3 is 2.50 bits per heavy atom. The molecule has 7 heteroatoms. The van der Waals surface area contributed by atoms with Crippen LogP contribution in [-0.4, -0.2) is 42.7 Å². The van der Waals surface area contributed by atoms with Gasteiger partial charge in [0.25, 0.3) is 5.91 Å². The zero-order valence-corrected chi connectivity index (χ0v) is 13.5. The first kappa shape index (κ1) is 17.3. The SMILES string of the molecule is C=CCNc1ncc(C(=O)NCCOc2ccc(OC)cc2)cn1. The van der Waals surface area contributed by atoms with Gasteiger partial charge in [-0.25, -0.2) is 9.97 Å². The van der Waals surface area contributed by atoms with Gasteiger partial charge >= 0.3 is 0 Å². The summed E-state index contributed by atoms with van der Waals surface area (Å²) in [7, 11) is 1.61. The fraction of sp³-hybridized carbons (Fsp3) is 0.235. The molecular weight excluding hydrogens is 308 g/mol. The lowest BCUT2D eigenvalue weighted by Gasteiger charge is -2.08. The topological polar surface area (TPSA) is 85.4 Å². The molecule has 1 heterocycles. The van der Waals surface area contributed by atoms with Gasteiger partial charge in [-0.1, -0.05) is 6.08 Å². The van der Waals surface area contributed by atoms with Crippen molar-refractivity contribution in [2.24, 2.45) is 0 Å². The van der Waals surface area contributed by atoms with Crippen LogP contribution in [0, 0.1) is 0 Å². The van der Waals surface area contributed by atoms with E-state index in [0.29, 0.717) is 37.0 Å². The minimum atomic E-state index is -0.247. The average molecular weight is 328 g/mol. The number of carbonyl (C=O) groups excluding carboxylic acids is 1. The number of benzene rings is 1. The van der Waals surface area contributed by atoms with Gasteiger partial charge in [0.15, 0.2) is 0 Å².